The van der Waals surface area contributed by atoms with Crippen molar-refractivity contribution >= 4 is 17.5 Å². The van der Waals surface area contributed by atoms with E-state index in [4.69, 9.17) is 21.6 Å². The van der Waals surface area contributed by atoms with E-state index in [0.29, 0.717) is 29.4 Å². The average molecular weight is 355 g/mol. The van der Waals surface area contributed by atoms with Crippen LogP contribution in [0.1, 0.15) is 34.3 Å². The maximum Gasteiger partial charge on any atom is 0.253 e. The predicted molar refractivity (Wildman–Crippen MR) is 96.9 cm³/mol. The number of carbonyl (C=O) groups is 1. The Bertz CT molecular complexity index is 803. The number of amides is 1. The zero-order valence-corrected chi connectivity index (χ0v) is 14.8. The molecule has 1 fully saturated rings. The lowest BCUT2D eigenvalue weighted by molar-refractivity contribution is 0.0595. The largest absolute Gasteiger partial charge is 0.490 e. The van der Waals surface area contributed by atoms with Crippen LogP contribution in [0.5, 0.6) is 5.75 Å². The van der Waals surface area contributed by atoms with Crippen molar-refractivity contribution in [1.29, 1.82) is 5.26 Å². The number of carbonyl (C=O) groups excluding carboxylic acids is 1. The van der Waals surface area contributed by atoms with Crippen LogP contribution in [-0.4, -0.2) is 30.0 Å². The van der Waals surface area contributed by atoms with Crippen LogP contribution in [-0.2, 0) is 0 Å². The van der Waals surface area contributed by atoms with Gasteiger partial charge in [-0.2, -0.15) is 5.26 Å². The van der Waals surface area contributed by atoms with Crippen LogP contribution in [0.25, 0.3) is 0 Å². The number of piperidine rings is 1. The Hall–Kier alpha value is -2.51. The topological polar surface area (TPSA) is 53.3 Å². The summed E-state index contributed by atoms with van der Waals surface area (Å²) in [4.78, 5) is 14.4. The van der Waals surface area contributed by atoms with Crippen LogP contribution in [0.3, 0.4) is 0 Å². The molecule has 1 amide bonds. The first-order chi connectivity index (χ1) is 12.1. The third-order valence-electron chi connectivity index (χ3n) is 4.39. The molecular formula is C20H19ClN2O2. The van der Waals surface area contributed by atoms with Crippen molar-refractivity contribution in [2.24, 2.45) is 0 Å². The van der Waals surface area contributed by atoms with Gasteiger partial charge in [-0.25, -0.2) is 0 Å². The smallest absolute Gasteiger partial charge is 0.253 e. The fraction of sp³-hybridized carbons (Fsp3) is 0.300. The third kappa shape index (κ3) is 4.12. The normalized spacial score (nSPS) is 14.8. The van der Waals surface area contributed by atoms with Gasteiger partial charge in [0.1, 0.15) is 17.9 Å². The molecule has 2 aromatic carbocycles. The first-order valence-corrected chi connectivity index (χ1v) is 8.67. The molecule has 0 atom stereocenters. The van der Waals surface area contributed by atoms with Gasteiger partial charge in [-0.1, -0.05) is 29.3 Å². The van der Waals surface area contributed by atoms with E-state index in [1.807, 2.05) is 42.2 Å². The summed E-state index contributed by atoms with van der Waals surface area (Å²) in [6.07, 6.45) is 1.59. The van der Waals surface area contributed by atoms with E-state index in [1.165, 1.54) is 0 Å². The second kappa shape index (κ2) is 7.58. The van der Waals surface area contributed by atoms with E-state index < -0.39 is 0 Å². The Labute approximate surface area is 152 Å². The van der Waals surface area contributed by atoms with E-state index >= 15 is 0 Å². The monoisotopic (exact) mass is 354 g/mol. The highest BCUT2D eigenvalue weighted by Gasteiger charge is 2.24. The molecule has 2 aromatic rings. The van der Waals surface area contributed by atoms with Crippen LogP contribution in [0.2, 0.25) is 5.02 Å². The maximum absolute atomic E-state index is 12.5. The molecular weight excluding hydrogens is 336 g/mol. The number of benzene rings is 2. The van der Waals surface area contributed by atoms with Crippen LogP contribution in [0.15, 0.2) is 42.5 Å². The Kier molecular flexibility index (Phi) is 5.25. The van der Waals surface area contributed by atoms with Crippen LogP contribution >= 0.6 is 11.6 Å². The first kappa shape index (κ1) is 17.3. The number of nitriles is 1. The minimum atomic E-state index is 0.0473. The molecule has 128 valence electrons. The summed E-state index contributed by atoms with van der Waals surface area (Å²) in [5.74, 6) is 0.729. The Balaban J connectivity index is 1.57. The molecule has 1 heterocycles. The van der Waals surface area contributed by atoms with Gasteiger partial charge in [0.15, 0.2) is 0 Å². The number of hydrogen-bond donors (Lipinski definition) is 0. The molecule has 0 aliphatic carbocycles. The van der Waals surface area contributed by atoms with Gasteiger partial charge in [-0.15, -0.1) is 0 Å². The van der Waals surface area contributed by atoms with Crippen LogP contribution in [0, 0.1) is 18.3 Å². The van der Waals surface area contributed by atoms with Crippen molar-refractivity contribution < 1.29 is 9.53 Å². The lowest BCUT2D eigenvalue weighted by Crippen LogP contribution is -2.41. The highest BCUT2D eigenvalue weighted by Crippen LogP contribution is 2.25. The van der Waals surface area contributed by atoms with Gasteiger partial charge in [0.05, 0.1) is 10.6 Å². The molecule has 4 nitrogen and oxygen atoms in total. The van der Waals surface area contributed by atoms with E-state index in [2.05, 4.69) is 0 Å². The van der Waals surface area contributed by atoms with Gasteiger partial charge in [0.2, 0.25) is 0 Å². The summed E-state index contributed by atoms with van der Waals surface area (Å²) in [5.41, 5.74) is 2.31. The number of hydrogen-bond acceptors (Lipinski definition) is 3. The van der Waals surface area contributed by atoms with E-state index in [-0.39, 0.29) is 12.0 Å². The summed E-state index contributed by atoms with van der Waals surface area (Å²) >= 11 is 6.04. The van der Waals surface area contributed by atoms with Crippen molar-refractivity contribution in [3.8, 4) is 11.8 Å². The Morgan fingerprint density at radius 1 is 1.20 bits per heavy atom. The van der Waals surface area contributed by atoms with Crippen LogP contribution < -0.4 is 4.74 Å². The fourth-order valence-corrected chi connectivity index (χ4v) is 3.12. The number of nitrogens with zero attached hydrogens (tertiary/aromatic N) is 2. The third-order valence-corrected chi connectivity index (χ3v) is 4.70. The van der Waals surface area contributed by atoms with Gasteiger partial charge in [-0.05, 0) is 31.2 Å². The molecule has 0 N–H and O–H groups in total. The van der Waals surface area contributed by atoms with Gasteiger partial charge in [0.25, 0.3) is 5.91 Å². The molecule has 1 saturated heterocycles. The molecule has 0 saturated carbocycles. The van der Waals surface area contributed by atoms with E-state index in [1.54, 1.807) is 18.2 Å². The Morgan fingerprint density at radius 2 is 1.88 bits per heavy atom. The van der Waals surface area contributed by atoms with Gasteiger partial charge >= 0.3 is 0 Å². The second-order valence-corrected chi connectivity index (χ2v) is 6.64. The minimum absolute atomic E-state index is 0.0473. The van der Waals surface area contributed by atoms with Crippen LogP contribution in [0.4, 0.5) is 0 Å². The van der Waals surface area contributed by atoms with Crippen molar-refractivity contribution in [2.45, 2.75) is 25.9 Å². The zero-order valence-electron chi connectivity index (χ0n) is 14.0. The molecule has 0 unspecified atom stereocenters. The summed E-state index contributed by atoms with van der Waals surface area (Å²) in [6.45, 7) is 3.34. The summed E-state index contributed by atoms with van der Waals surface area (Å²) < 4.78 is 5.95. The minimum Gasteiger partial charge on any atom is -0.490 e. The fourth-order valence-electron chi connectivity index (χ4n) is 2.91. The standard InChI is InChI=1S/C20H19ClN2O2/c1-14-2-4-15(5-3-14)20(24)23-10-8-17(9-11-23)25-18-7-6-16(13-22)19(21)12-18/h2-7,12,17H,8-11H2,1H3. The molecule has 3 rings (SSSR count). The number of halogens is 1. The molecule has 0 radical (unpaired) electrons. The highest BCUT2D eigenvalue weighted by atomic mass is 35.5. The van der Waals surface area contributed by atoms with E-state index in [0.717, 1.165) is 24.0 Å². The Morgan fingerprint density at radius 3 is 2.48 bits per heavy atom. The zero-order chi connectivity index (χ0) is 17.8. The molecule has 0 spiro atoms. The number of likely N-dealkylation sites (tertiary alicyclic amines) is 1. The summed E-state index contributed by atoms with van der Waals surface area (Å²) in [6, 6.07) is 14.8. The molecule has 5 heteroatoms. The molecule has 1 aliphatic heterocycles. The van der Waals surface area contributed by atoms with Crippen molar-refractivity contribution in [3.05, 3.63) is 64.2 Å². The lowest BCUT2D eigenvalue weighted by Gasteiger charge is -2.32. The maximum atomic E-state index is 12.5. The predicted octanol–water partition coefficient (Wildman–Crippen LogP) is 4.20. The quantitative estimate of drug-likeness (QED) is 0.829. The van der Waals surface area contributed by atoms with Crippen molar-refractivity contribution in [2.75, 3.05) is 13.1 Å². The SMILES string of the molecule is Cc1ccc(C(=O)N2CCC(Oc3ccc(C#N)c(Cl)c3)CC2)cc1. The molecule has 0 aromatic heterocycles. The number of rotatable bonds is 3. The van der Waals surface area contributed by atoms with Crippen molar-refractivity contribution in [3.63, 3.8) is 0 Å². The van der Waals surface area contributed by atoms with Gasteiger partial charge in [-0.3, -0.25) is 4.79 Å². The first-order valence-electron chi connectivity index (χ1n) is 8.29. The molecule has 1 aliphatic rings. The number of ether oxygens (including phenoxy) is 1. The van der Waals surface area contributed by atoms with Gasteiger partial charge in [0, 0.05) is 37.6 Å². The molecule has 0 bridgehead atoms. The van der Waals surface area contributed by atoms with Gasteiger partial charge < -0.3 is 9.64 Å². The summed E-state index contributed by atoms with van der Waals surface area (Å²) in [7, 11) is 0. The second-order valence-electron chi connectivity index (χ2n) is 6.23. The summed E-state index contributed by atoms with van der Waals surface area (Å²) in [5, 5.41) is 9.30. The average Bonchev–Trinajstić information content (AvgIpc) is 2.63. The van der Waals surface area contributed by atoms with Crippen molar-refractivity contribution in [1.82, 2.24) is 4.90 Å². The number of aryl methyl sites for hydroxylation is 1. The highest BCUT2D eigenvalue weighted by molar-refractivity contribution is 6.31. The van der Waals surface area contributed by atoms with E-state index in [9.17, 15) is 4.79 Å². The molecule has 25 heavy (non-hydrogen) atoms. The lowest BCUT2D eigenvalue weighted by atomic mass is 10.1.